The molecule has 6 nitrogen and oxygen atoms in total. The number of carboxylic acid groups (broad SMARTS) is 1. The summed E-state index contributed by atoms with van der Waals surface area (Å²) in [6, 6.07) is 6.90. The number of aliphatic hydroxyl groups is 3. The minimum absolute atomic E-state index is 0.0519. The lowest BCUT2D eigenvalue weighted by molar-refractivity contribution is -0.137. The molecule has 0 bridgehead atoms. The predicted octanol–water partition coefficient (Wildman–Crippen LogP) is 3.20. The Morgan fingerprint density at radius 1 is 1.28 bits per heavy atom. The zero-order valence-electron chi connectivity index (χ0n) is 16.2. The van der Waals surface area contributed by atoms with Crippen LogP contribution in [0, 0.1) is 11.8 Å². The van der Waals surface area contributed by atoms with Crippen molar-refractivity contribution in [2.45, 2.75) is 50.4 Å². The number of ether oxygens (including phenoxy) is 1. The second-order valence-electron chi connectivity index (χ2n) is 7.33. The van der Waals surface area contributed by atoms with Gasteiger partial charge >= 0.3 is 5.97 Å². The first-order valence-electron chi connectivity index (χ1n) is 9.84. The van der Waals surface area contributed by atoms with Gasteiger partial charge in [0.15, 0.2) is 0 Å². The fourth-order valence-corrected chi connectivity index (χ4v) is 3.68. The van der Waals surface area contributed by atoms with E-state index in [1.165, 1.54) is 0 Å². The van der Waals surface area contributed by atoms with Gasteiger partial charge in [-0.1, -0.05) is 42.0 Å². The van der Waals surface area contributed by atoms with Crippen LogP contribution in [0.5, 0.6) is 5.75 Å². The van der Waals surface area contributed by atoms with Crippen molar-refractivity contribution in [3.05, 3.63) is 53.6 Å². The Balaban J connectivity index is 1.83. The molecule has 0 radical (unpaired) electrons. The second-order valence-corrected chi connectivity index (χ2v) is 7.76. The number of unbranched alkanes of at least 4 members (excludes halogenated alkanes) is 1. The molecular formula is C22H29ClO6. The molecule has 0 saturated heterocycles. The fourth-order valence-electron chi connectivity index (χ4n) is 3.50. The maximum atomic E-state index is 10.5. The van der Waals surface area contributed by atoms with E-state index in [-0.39, 0.29) is 24.9 Å². The average Bonchev–Trinajstić information content (AvgIpc) is 2.93. The lowest BCUT2D eigenvalue weighted by Crippen LogP contribution is -2.21. The molecule has 160 valence electrons. The van der Waals surface area contributed by atoms with Crippen molar-refractivity contribution < 1.29 is 30.0 Å². The van der Waals surface area contributed by atoms with E-state index in [9.17, 15) is 20.1 Å². The summed E-state index contributed by atoms with van der Waals surface area (Å²) in [7, 11) is 0. The molecular weight excluding hydrogens is 396 g/mol. The van der Waals surface area contributed by atoms with E-state index in [1.54, 1.807) is 36.4 Å². The van der Waals surface area contributed by atoms with Gasteiger partial charge in [0.1, 0.15) is 18.5 Å². The summed E-state index contributed by atoms with van der Waals surface area (Å²) in [4.78, 5) is 10.5. The largest absolute Gasteiger partial charge is 0.491 e. The molecule has 1 saturated carbocycles. The third kappa shape index (κ3) is 8.19. The van der Waals surface area contributed by atoms with Gasteiger partial charge in [0.25, 0.3) is 0 Å². The first-order valence-corrected chi connectivity index (χ1v) is 10.2. The highest BCUT2D eigenvalue weighted by atomic mass is 35.5. The third-order valence-electron chi connectivity index (χ3n) is 5.02. The van der Waals surface area contributed by atoms with Crippen molar-refractivity contribution >= 4 is 17.6 Å². The Bertz CT molecular complexity index is 704. The molecule has 29 heavy (non-hydrogen) atoms. The highest BCUT2D eigenvalue weighted by molar-refractivity contribution is 6.30. The molecule has 1 aromatic rings. The molecule has 2 rings (SSSR count). The minimum Gasteiger partial charge on any atom is -0.491 e. The van der Waals surface area contributed by atoms with Gasteiger partial charge in [0.05, 0.1) is 12.2 Å². The van der Waals surface area contributed by atoms with Crippen LogP contribution in [0.4, 0.5) is 0 Å². The van der Waals surface area contributed by atoms with Crippen LogP contribution in [0.25, 0.3) is 0 Å². The van der Waals surface area contributed by atoms with Gasteiger partial charge in [-0.25, -0.2) is 0 Å². The molecule has 7 heteroatoms. The van der Waals surface area contributed by atoms with E-state index in [2.05, 4.69) is 0 Å². The summed E-state index contributed by atoms with van der Waals surface area (Å²) in [5.74, 6) is -0.671. The molecule has 1 fully saturated rings. The average molecular weight is 425 g/mol. The molecule has 0 aliphatic heterocycles. The first-order chi connectivity index (χ1) is 13.9. The van der Waals surface area contributed by atoms with Crippen LogP contribution < -0.4 is 4.74 Å². The molecule has 1 aliphatic carbocycles. The predicted molar refractivity (Wildman–Crippen MR) is 111 cm³/mol. The van der Waals surface area contributed by atoms with Gasteiger partial charge in [-0.05, 0) is 43.4 Å². The lowest BCUT2D eigenvalue weighted by Gasteiger charge is -2.19. The van der Waals surface area contributed by atoms with Crippen LogP contribution in [0.3, 0.4) is 0 Å². The number of allylic oxidation sites excluding steroid dienone is 2. The van der Waals surface area contributed by atoms with Crippen LogP contribution in [-0.4, -0.2) is 51.3 Å². The summed E-state index contributed by atoms with van der Waals surface area (Å²) in [5.41, 5.74) is 0. The van der Waals surface area contributed by atoms with Crippen molar-refractivity contribution in [2.24, 2.45) is 11.8 Å². The Morgan fingerprint density at radius 3 is 2.79 bits per heavy atom. The van der Waals surface area contributed by atoms with Gasteiger partial charge in [0.2, 0.25) is 0 Å². The number of hydrogen-bond donors (Lipinski definition) is 4. The van der Waals surface area contributed by atoms with E-state index in [1.807, 2.05) is 12.2 Å². The van der Waals surface area contributed by atoms with Crippen LogP contribution in [0.2, 0.25) is 5.02 Å². The Morgan fingerprint density at radius 2 is 2.07 bits per heavy atom. The number of halogens is 1. The Hall–Kier alpha value is -1.86. The van der Waals surface area contributed by atoms with E-state index >= 15 is 0 Å². The molecule has 0 spiro atoms. The summed E-state index contributed by atoms with van der Waals surface area (Å²) >= 11 is 5.90. The molecule has 1 aliphatic rings. The van der Waals surface area contributed by atoms with Crippen LogP contribution in [-0.2, 0) is 4.79 Å². The van der Waals surface area contributed by atoms with Crippen molar-refractivity contribution in [3.63, 3.8) is 0 Å². The zero-order chi connectivity index (χ0) is 21.2. The molecule has 0 aromatic heterocycles. The molecule has 0 amide bonds. The minimum atomic E-state index is -0.855. The van der Waals surface area contributed by atoms with Crippen molar-refractivity contribution in [2.75, 3.05) is 6.61 Å². The van der Waals surface area contributed by atoms with E-state index in [0.29, 0.717) is 36.5 Å². The number of benzene rings is 1. The molecule has 0 heterocycles. The smallest absolute Gasteiger partial charge is 0.303 e. The second kappa shape index (κ2) is 12.0. The van der Waals surface area contributed by atoms with Crippen molar-refractivity contribution in [3.8, 4) is 5.75 Å². The van der Waals surface area contributed by atoms with Crippen LogP contribution >= 0.6 is 11.6 Å². The summed E-state index contributed by atoms with van der Waals surface area (Å²) < 4.78 is 5.51. The van der Waals surface area contributed by atoms with Gasteiger partial charge in [-0.15, -0.1) is 0 Å². The highest BCUT2D eigenvalue weighted by Gasteiger charge is 2.39. The van der Waals surface area contributed by atoms with Crippen LogP contribution in [0.1, 0.15) is 32.1 Å². The summed E-state index contributed by atoms with van der Waals surface area (Å²) in [6.45, 7) is 0.0519. The maximum Gasteiger partial charge on any atom is 0.303 e. The molecule has 1 aromatic carbocycles. The number of hydrogen-bond acceptors (Lipinski definition) is 5. The summed E-state index contributed by atoms with van der Waals surface area (Å²) in [5, 5.41) is 39.8. The first kappa shape index (κ1) is 23.4. The SMILES string of the molecule is O=C(O)CCCC=CC[C@@H]1[C@@H](C=C[C@H](O)COc2cccc(Cl)c2)[C@H](O)C[C@@H]1O. The molecule has 4 N–H and O–H groups in total. The zero-order valence-corrected chi connectivity index (χ0v) is 17.0. The summed E-state index contributed by atoms with van der Waals surface area (Å²) in [6.07, 6.45) is 7.26. The number of carbonyl (C=O) groups is 1. The molecule has 0 unspecified atom stereocenters. The standard InChI is InChI=1S/C22H29ClO6/c23-15-6-5-7-17(12-15)29-14-16(24)10-11-19-18(20(25)13-21(19)26)8-3-1-2-4-9-22(27)28/h1,3,5-7,10-12,16,18-21,24-26H,2,4,8-9,13-14H2,(H,27,28)/t16-,18+,19+,20-,21+/m0/s1. The number of carboxylic acids is 1. The highest BCUT2D eigenvalue weighted by Crippen LogP contribution is 2.36. The van der Waals surface area contributed by atoms with Gasteiger partial charge in [-0.3, -0.25) is 4.79 Å². The van der Waals surface area contributed by atoms with Crippen molar-refractivity contribution in [1.82, 2.24) is 0 Å². The number of rotatable bonds is 11. The van der Waals surface area contributed by atoms with E-state index in [0.717, 1.165) is 0 Å². The normalized spacial score (nSPS) is 25.7. The fraction of sp³-hybridized carbons (Fsp3) is 0.500. The molecule has 5 atom stereocenters. The lowest BCUT2D eigenvalue weighted by atomic mass is 9.89. The van der Waals surface area contributed by atoms with E-state index in [4.69, 9.17) is 21.4 Å². The van der Waals surface area contributed by atoms with Gasteiger partial charge in [0, 0.05) is 23.8 Å². The Kier molecular flexibility index (Phi) is 9.67. The number of aliphatic carboxylic acids is 1. The van der Waals surface area contributed by atoms with Gasteiger partial charge < -0.3 is 25.2 Å². The van der Waals surface area contributed by atoms with Crippen LogP contribution in [0.15, 0.2) is 48.6 Å². The number of aliphatic hydroxyl groups excluding tert-OH is 3. The quantitative estimate of drug-likeness (QED) is 0.321. The topological polar surface area (TPSA) is 107 Å². The monoisotopic (exact) mass is 424 g/mol. The Labute approximate surface area is 176 Å². The maximum absolute atomic E-state index is 10.5. The van der Waals surface area contributed by atoms with Gasteiger partial charge in [-0.2, -0.15) is 0 Å². The van der Waals surface area contributed by atoms with E-state index < -0.39 is 24.3 Å². The van der Waals surface area contributed by atoms with Crippen molar-refractivity contribution in [1.29, 1.82) is 0 Å². The third-order valence-corrected chi connectivity index (χ3v) is 5.26.